The minimum absolute atomic E-state index is 0.0720. The van der Waals surface area contributed by atoms with Crippen LogP contribution >= 0.6 is 12.2 Å². The second-order valence-corrected chi connectivity index (χ2v) is 4.72. The molecule has 1 saturated heterocycles. The number of anilines is 1. The Balaban J connectivity index is 2.30. The highest BCUT2D eigenvalue weighted by Gasteiger charge is 2.29. The number of imide groups is 1. The van der Waals surface area contributed by atoms with E-state index in [0.717, 1.165) is 0 Å². The first kappa shape index (κ1) is 13.5. The van der Waals surface area contributed by atoms with Crippen molar-refractivity contribution in [3.05, 3.63) is 24.3 Å². The first-order valence-corrected chi connectivity index (χ1v) is 6.36. The van der Waals surface area contributed by atoms with Crippen molar-refractivity contribution in [3.8, 4) is 5.75 Å². The van der Waals surface area contributed by atoms with Crippen molar-refractivity contribution < 1.29 is 14.3 Å². The number of para-hydroxylation sites is 2. The number of ether oxygens (including phenoxy) is 1. The number of carbonyl (C=O) groups is 2. The lowest BCUT2D eigenvalue weighted by atomic mass is 10.1. The highest BCUT2D eigenvalue weighted by Crippen LogP contribution is 2.31. The maximum absolute atomic E-state index is 11.9. The molecule has 2 N–H and O–H groups in total. The monoisotopic (exact) mass is 278 g/mol. The van der Waals surface area contributed by atoms with Crippen molar-refractivity contribution in [2.24, 2.45) is 5.73 Å². The van der Waals surface area contributed by atoms with Crippen LogP contribution in [0.25, 0.3) is 0 Å². The summed E-state index contributed by atoms with van der Waals surface area (Å²) in [5.41, 5.74) is 5.83. The summed E-state index contributed by atoms with van der Waals surface area (Å²) in [6.45, 7) is 0.0720. The van der Waals surface area contributed by atoms with Crippen LogP contribution in [0.1, 0.15) is 19.3 Å². The van der Waals surface area contributed by atoms with Gasteiger partial charge in [0.05, 0.1) is 5.69 Å². The van der Waals surface area contributed by atoms with Crippen LogP contribution in [0.2, 0.25) is 0 Å². The summed E-state index contributed by atoms with van der Waals surface area (Å²) in [4.78, 5) is 25.2. The Morgan fingerprint density at radius 3 is 2.53 bits per heavy atom. The van der Waals surface area contributed by atoms with Gasteiger partial charge in [-0.2, -0.15) is 0 Å². The number of nitrogens with zero attached hydrogens (tertiary/aromatic N) is 1. The van der Waals surface area contributed by atoms with E-state index in [9.17, 15) is 9.59 Å². The number of nitrogens with two attached hydrogens (primary N) is 1. The SMILES string of the molecule is NC(=S)COc1ccccc1N1C(=O)CCCC1=O. The predicted molar refractivity (Wildman–Crippen MR) is 75.1 cm³/mol. The van der Waals surface area contributed by atoms with Crippen LogP contribution in [0.4, 0.5) is 5.69 Å². The fourth-order valence-corrected chi connectivity index (χ4v) is 1.99. The Kier molecular flexibility index (Phi) is 4.11. The minimum Gasteiger partial charge on any atom is -0.484 e. The van der Waals surface area contributed by atoms with Crippen molar-refractivity contribution in [3.63, 3.8) is 0 Å². The molecule has 2 amide bonds. The highest BCUT2D eigenvalue weighted by atomic mass is 32.1. The molecule has 0 bridgehead atoms. The second-order valence-electron chi connectivity index (χ2n) is 4.20. The molecular weight excluding hydrogens is 264 g/mol. The molecule has 1 aliphatic rings. The lowest BCUT2D eigenvalue weighted by Gasteiger charge is -2.26. The molecular formula is C13H14N2O3S. The van der Waals surface area contributed by atoms with E-state index in [2.05, 4.69) is 0 Å². The summed E-state index contributed by atoms with van der Waals surface area (Å²) in [5, 5.41) is 0. The van der Waals surface area contributed by atoms with Gasteiger partial charge in [0.15, 0.2) is 0 Å². The Labute approximate surface area is 116 Å². The topological polar surface area (TPSA) is 72.6 Å². The number of amides is 2. The number of rotatable bonds is 4. The molecule has 1 aromatic carbocycles. The van der Waals surface area contributed by atoms with E-state index in [1.54, 1.807) is 24.3 Å². The van der Waals surface area contributed by atoms with Gasteiger partial charge in [0.25, 0.3) is 0 Å². The molecule has 5 nitrogen and oxygen atoms in total. The molecule has 1 aromatic rings. The molecule has 6 heteroatoms. The number of benzene rings is 1. The normalized spacial score (nSPS) is 15.5. The molecule has 100 valence electrons. The fourth-order valence-electron chi connectivity index (χ4n) is 1.94. The van der Waals surface area contributed by atoms with E-state index >= 15 is 0 Å². The summed E-state index contributed by atoms with van der Waals surface area (Å²) >= 11 is 4.75. The molecule has 0 aliphatic carbocycles. The standard InChI is InChI=1S/C13H14N2O3S/c14-11(19)8-18-10-5-2-1-4-9(10)15-12(16)6-3-7-13(15)17/h1-2,4-5H,3,6-8H2,(H2,14,19). The third-order valence-corrected chi connectivity index (χ3v) is 2.87. The van der Waals surface area contributed by atoms with Gasteiger partial charge in [-0.3, -0.25) is 9.59 Å². The summed E-state index contributed by atoms with van der Waals surface area (Å²) in [6.07, 6.45) is 1.34. The molecule has 19 heavy (non-hydrogen) atoms. The summed E-state index contributed by atoms with van der Waals surface area (Å²) in [5.74, 6) is 0.0177. The Morgan fingerprint density at radius 2 is 1.89 bits per heavy atom. The van der Waals surface area contributed by atoms with Gasteiger partial charge in [0, 0.05) is 12.8 Å². The maximum Gasteiger partial charge on any atom is 0.233 e. The molecule has 2 rings (SSSR count). The molecule has 0 radical (unpaired) electrons. The maximum atomic E-state index is 11.9. The van der Waals surface area contributed by atoms with Crippen LogP contribution in [-0.2, 0) is 9.59 Å². The van der Waals surface area contributed by atoms with E-state index in [1.165, 1.54) is 4.90 Å². The lowest BCUT2D eigenvalue weighted by Crippen LogP contribution is -2.40. The van der Waals surface area contributed by atoms with Crippen LogP contribution < -0.4 is 15.4 Å². The van der Waals surface area contributed by atoms with Gasteiger partial charge in [-0.05, 0) is 18.6 Å². The van der Waals surface area contributed by atoms with Gasteiger partial charge in [0.1, 0.15) is 17.3 Å². The van der Waals surface area contributed by atoms with Gasteiger partial charge in [-0.1, -0.05) is 24.4 Å². The van der Waals surface area contributed by atoms with Gasteiger partial charge in [-0.25, -0.2) is 4.90 Å². The third-order valence-electron chi connectivity index (χ3n) is 2.76. The first-order valence-electron chi connectivity index (χ1n) is 5.95. The minimum atomic E-state index is -0.206. The molecule has 1 aliphatic heterocycles. The number of thiocarbonyl (C=S) groups is 1. The van der Waals surface area contributed by atoms with Crippen LogP contribution in [0, 0.1) is 0 Å². The number of hydrogen-bond donors (Lipinski definition) is 1. The molecule has 1 heterocycles. The van der Waals surface area contributed by atoms with Crippen molar-refractivity contribution in [1.29, 1.82) is 0 Å². The summed E-state index contributed by atoms with van der Waals surface area (Å²) in [7, 11) is 0. The number of hydrogen-bond acceptors (Lipinski definition) is 4. The summed E-state index contributed by atoms with van der Waals surface area (Å²) < 4.78 is 5.44. The predicted octanol–water partition coefficient (Wildman–Crippen LogP) is 1.40. The Bertz CT molecular complexity index is 514. The van der Waals surface area contributed by atoms with E-state index in [1.807, 2.05) is 0 Å². The van der Waals surface area contributed by atoms with Crippen molar-refractivity contribution in [2.75, 3.05) is 11.5 Å². The smallest absolute Gasteiger partial charge is 0.233 e. The van der Waals surface area contributed by atoms with Gasteiger partial charge < -0.3 is 10.5 Å². The Morgan fingerprint density at radius 1 is 1.26 bits per heavy atom. The van der Waals surface area contributed by atoms with Crippen molar-refractivity contribution in [2.45, 2.75) is 19.3 Å². The largest absolute Gasteiger partial charge is 0.484 e. The van der Waals surface area contributed by atoms with Crippen LogP contribution in [0.3, 0.4) is 0 Å². The fraction of sp³-hybridized carbons (Fsp3) is 0.308. The molecule has 0 spiro atoms. The van der Waals surface area contributed by atoms with Crippen molar-refractivity contribution in [1.82, 2.24) is 0 Å². The number of piperidine rings is 1. The third kappa shape index (κ3) is 3.08. The van der Waals surface area contributed by atoms with Crippen LogP contribution in [0.15, 0.2) is 24.3 Å². The van der Waals surface area contributed by atoms with E-state index in [0.29, 0.717) is 30.7 Å². The van der Waals surface area contributed by atoms with E-state index < -0.39 is 0 Å². The second kappa shape index (κ2) is 5.79. The molecule has 0 saturated carbocycles. The van der Waals surface area contributed by atoms with Crippen LogP contribution in [-0.4, -0.2) is 23.4 Å². The zero-order valence-corrected chi connectivity index (χ0v) is 11.1. The molecule has 0 unspecified atom stereocenters. The Hall–Kier alpha value is -1.95. The number of carbonyl (C=O) groups excluding carboxylic acids is 2. The highest BCUT2D eigenvalue weighted by molar-refractivity contribution is 7.80. The van der Waals surface area contributed by atoms with Gasteiger partial charge in [0.2, 0.25) is 11.8 Å². The molecule has 0 aromatic heterocycles. The zero-order valence-electron chi connectivity index (χ0n) is 10.3. The average molecular weight is 278 g/mol. The first-order chi connectivity index (χ1) is 9.09. The lowest BCUT2D eigenvalue weighted by molar-refractivity contribution is -0.129. The van der Waals surface area contributed by atoms with Crippen molar-refractivity contribution >= 4 is 34.7 Å². The summed E-state index contributed by atoms with van der Waals surface area (Å²) in [6, 6.07) is 6.87. The average Bonchev–Trinajstić information content (AvgIpc) is 2.37. The molecule has 0 atom stereocenters. The zero-order chi connectivity index (χ0) is 13.8. The van der Waals surface area contributed by atoms with Gasteiger partial charge >= 0.3 is 0 Å². The van der Waals surface area contributed by atoms with E-state index in [4.69, 9.17) is 22.7 Å². The van der Waals surface area contributed by atoms with Gasteiger partial charge in [-0.15, -0.1) is 0 Å². The van der Waals surface area contributed by atoms with Crippen LogP contribution in [0.5, 0.6) is 5.75 Å². The quantitative estimate of drug-likeness (QED) is 0.665. The molecule has 1 fully saturated rings. The van der Waals surface area contributed by atoms with E-state index in [-0.39, 0.29) is 23.4 Å².